The van der Waals surface area contributed by atoms with Gasteiger partial charge in [0.25, 0.3) is 0 Å². The number of amides is 7. The number of likely N-dealkylation sites (tertiary alicyclic amines) is 1. The molecule has 260 valence electrons. The molecule has 47 heavy (non-hydrogen) atoms. The van der Waals surface area contributed by atoms with Crippen molar-refractivity contribution in [2.75, 3.05) is 18.4 Å². The minimum Gasteiger partial charge on any atom is -0.461 e. The van der Waals surface area contributed by atoms with E-state index < -0.39 is 29.9 Å². The number of urea groups is 1. The fraction of sp³-hybridized carbons (Fsp3) is 0.594. The molecule has 1 aromatic rings. The number of esters is 1. The van der Waals surface area contributed by atoms with E-state index in [1.807, 2.05) is 0 Å². The molecule has 15 heteroatoms. The van der Waals surface area contributed by atoms with Crippen LogP contribution in [0.1, 0.15) is 78.2 Å². The van der Waals surface area contributed by atoms with Crippen molar-refractivity contribution in [3.05, 3.63) is 29.8 Å². The molecular weight excluding hydrogens is 627 g/mol. The SMILES string of the molecule is CC(C)C(=O)OCc1ccc(NC(=O)C(CCCNC(N)=O)NC(=O)[C@@H](NC(=O)CCCCCN2C(=O)CC(P)C2=O)C(C)C)cc1. The molecule has 0 spiro atoms. The Balaban J connectivity index is 1.94. The summed E-state index contributed by atoms with van der Waals surface area (Å²) in [7, 11) is 2.38. The summed E-state index contributed by atoms with van der Waals surface area (Å²) >= 11 is 0. The van der Waals surface area contributed by atoms with E-state index in [-0.39, 0.29) is 73.6 Å². The van der Waals surface area contributed by atoms with Crippen LogP contribution in [0.5, 0.6) is 0 Å². The number of hydrogen-bond donors (Lipinski definition) is 5. The molecule has 0 radical (unpaired) electrons. The highest BCUT2D eigenvalue weighted by Gasteiger charge is 2.35. The van der Waals surface area contributed by atoms with Crippen LogP contribution < -0.4 is 27.0 Å². The number of hydrogen-bond acceptors (Lipinski definition) is 8. The Kier molecular flexibility index (Phi) is 16.3. The van der Waals surface area contributed by atoms with E-state index in [4.69, 9.17) is 10.5 Å². The molecule has 1 saturated heterocycles. The molecule has 0 saturated carbocycles. The lowest BCUT2D eigenvalue weighted by molar-refractivity contribution is -0.148. The normalized spacial score (nSPS) is 15.7. The fourth-order valence-corrected chi connectivity index (χ4v) is 5.12. The van der Waals surface area contributed by atoms with Crippen LogP contribution in [0.4, 0.5) is 10.5 Å². The van der Waals surface area contributed by atoms with Gasteiger partial charge in [0.2, 0.25) is 29.5 Å². The molecule has 14 nitrogen and oxygen atoms in total. The van der Waals surface area contributed by atoms with Gasteiger partial charge in [-0.15, -0.1) is 9.24 Å². The Labute approximate surface area is 278 Å². The summed E-state index contributed by atoms with van der Waals surface area (Å²) in [6.07, 6.45) is 2.58. The molecule has 1 aromatic carbocycles. The number of unbranched alkanes of at least 4 members (excludes halogenated alkanes) is 2. The van der Waals surface area contributed by atoms with Gasteiger partial charge in [0.15, 0.2) is 0 Å². The predicted molar refractivity (Wildman–Crippen MR) is 179 cm³/mol. The zero-order chi connectivity index (χ0) is 35.1. The maximum Gasteiger partial charge on any atom is 0.312 e. The maximum absolute atomic E-state index is 13.4. The molecule has 2 rings (SSSR count). The number of benzene rings is 1. The molecule has 0 aliphatic carbocycles. The third kappa shape index (κ3) is 13.7. The van der Waals surface area contributed by atoms with E-state index in [0.717, 1.165) is 5.56 Å². The number of imide groups is 1. The lowest BCUT2D eigenvalue weighted by Gasteiger charge is -2.25. The van der Waals surface area contributed by atoms with Crippen LogP contribution >= 0.6 is 9.24 Å². The predicted octanol–water partition coefficient (Wildman–Crippen LogP) is 1.96. The van der Waals surface area contributed by atoms with Crippen molar-refractivity contribution in [1.29, 1.82) is 0 Å². The first-order chi connectivity index (χ1) is 22.2. The van der Waals surface area contributed by atoms with E-state index in [1.165, 1.54) is 4.90 Å². The summed E-state index contributed by atoms with van der Waals surface area (Å²) < 4.78 is 5.23. The summed E-state index contributed by atoms with van der Waals surface area (Å²) in [6, 6.07) is 4.13. The van der Waals surface area contributed by atoms with Crippen LogP contribution in [0.3, 0.4) is 0 Å². The standard InChI is InChI=1S/C32H49N6O8P/c1-19(2)27(37-25(39)10-6-5-7-16-38-26(40)17-24(47)30(38)43)29(42)36-23(9-8-15-34-32(33)45)28(41)35-22-13-11-21(12-14-22)18-46-31(44)20(3)4/h11-14,19-20,23-24,27H,5-10,15-18,47H2,1-4H3,(H,35,41)(H,36,42)(H,37,39)(H3,33,34,45)/t23?,24?,27-/m0/s1. The second-order valence-electron chi connectivity index (χ2n) is 12.2. The minimum absolute atomic E-state index is 0.0956. The van der Waals surface area contributed by atoms with Crippen molar-refractivity contribution < 1.29 is 38.3 Å². The quantitative estimate of drug-likeness (QED) is 0.0632. The smallest absolute Gasteiger partial charge is 0.312 e. The number of nitrogens with zero attached hydrogens (tertiary/aromatic N) is 1. The van der Waals surface area contributed by atoms with E-state index in [0.29, 0.717) is 37.9 Å². The van der Waals surface area contributed by atoms with E-state index in [9.17, 15) is 33.6 Å². The van der Waals surface area contributed by atoms with Crippen molar-refractivity contribution in [2.24, 2.45) is 17.6 Å². The number of carbonyl (C=O) groups is 7. The summed E-state index contributed by atoms with van der Waals surface area (Å²) in [6.45, 7) is 7.65. The van der Waals surface area contributed by atoms with Crippen molar-refractivity contribution in [3.8, 4) is 0 Å². The largest absolute Gasteiger partial charge is 0.461 e. The maximum atomic E-state index is 13.4. The number of anilines is 1. The highest BCUT2D eigenvalue weighted by atomic mass is 31.0. The highest BCUT2D eigenvalue weighted by molar-refractivity contribution is 7.19. The van der Waals surface area contributed by atoms with Gasteiger partial charge in [-0.05, 0) is 49.3 Å². The zero-order valence-corrected chi connectivity index (χ0v) is 28.8. The third-order valence-corrected chi connectivity index (χ3v) is 8.03. The van der Waals surface area contributed by atoms with Crippen LogP contribution in [-0.4, -0.2) is 77.3 Å². The molecule has 6 N–H and O–H groups in total. The molecule has 1 fully saturated rings. The average molecular weight is 677 g/mol. The van der Waals surface area contributed by atoms with Crippen molar-refractivity contribution in [3.63, 3.8) is 0 Å². The summed E-state index contributed by atoms with van der Waals surface area (Å²) in [4.78, 5) is 87.4. The van der Waals surface area contributed by atoms with Crippen LogP contribution in [0.2, 0.25) is 0 Å². The highest BCUT2D eigenvalue weighted by Crippen LogP contribution is 2.20. The molecule has 1 heterocycles. The van der Waals surface area contributed by atoms with Crippen LogP contribution in [0.15, 0.2) is 24.3 Å². The Morgan fingerprint density at radius 3 is 2.21 bits per heavy atom. The molecule has 4 atom stereocenters. The summed E-state index contributed by atoms with van der Waals surface area (Å²) in [5.41, 5.74) is 5.96. The second kappa shape index (κ2) is 19.6. The Morgan fingerprint density at radius 2 is 1.64 bits per heavy atom. The number of nitrogens with two attached hydrogens (primary N) is 1. The third-order valence-electron chi connectivity index (χ3n) is 7.51. The molecule has 0 bridgehead atoms. The van der Waals surface area contributed by atoms with Gasteiger partial charge in [0, 0.05) is 31.6 Å². The Bertz CT molecular complexity index is 1270. The van der Waals surface area contributed by atoms with Gasteiger partial charge in [0.1, 0.15) is 18.7 Å². The van der Waals surface area contributed by atoms with Gasteiger partial charge in [-0.25, -0.2) is 4.79 Å². The number of primary amides is 1. The van der Waals surface area contributed by atoms with E-state index in [2.05, 4.69) is 30.5 Å². The molecule has 3 unspecified atom stereocenters. The van der Waals surface area contributed by atoms with Gasteiger partial charge in [0.05, 0.1) is 11.6 Å². The number of carbonyl (C=O) groups excluding carboxylic acids is 7. The second-order valence-corrected chi connectivity index (χ2v) is 13.0. The molecule has 1 aliphatic heterocycles. The van der Waals surface area contributed by atoms with Gasteiger partial charge < -0.3 is 31.7 Å². The topological polar surface area (TPSA) is 206 Å². The molecule has 0 aromatic heterocycles. The van der Waals surface area contributed by atoms with Crippen molar-refractivity contribution >= 4 is 56.5 Å². The molecular formula is C32H49N6O8P. The first-order valence-electron chi connectivity index (χ1n) is 16.0. The number of ether oxygens (including phenoxy) is 1. The van der Waals surface area contributed by atoms with Crippen LogP contribution in [0, 0.1) is 11.8 Å². The van der Waals surface area contributed by atoms with E-state index in [1.54, 1.807) is 52.0 Å². The van der Waals surface area contributed by atoms with Crippen LogP contribution in [0.25, 0.3) is 0 Å². The van der Waals surface area contributed by atoms with Gasteiger partial charge in [-0.1, -0.05) is 46.2 Å². The number of rotatable bonds is 19. The van der Waals surface area contributed by atoms with Crippen molar-refractivity contribution in [2.45, 2.75) is 97.0 Å². The lowest BCUT2D eigenvalue weighted by atomic mass is 10.0. The molecule has 1 aliphatic rings. The number of nitrogens with one attached hydrogen (secondary N) is 4. The van der Waals surface area contributed by atoms with Crippen molar-refractivity contribution in [1.82, 2.24) is 20.9 Å². The monoisotopic (exact) mass is 676 g/mol. The Morgan fingerprint density at radius 1 is 0.957 bits per heavy atom. The van der Waals surface area contributed by atoms with Gasteiger partial charge >= 0.3 is 12.0 Å². The summed E-state index contributed by atoms with van der Waals surface area (Å²) in [5.74, 6) is -2.59. The zero-order valence-electron chi connectivity index (χ0n) is 27.6. The van der Waals surface area contributed by atoms with Gasteiger partial charge in [-0.3, -0.25) is 33.7 Å². The lowest BCUT2D eigenvalue weighted by Crippen LogP contribution is -2.54. The van der Waals surface area contributed by atoms with Gasteiger partial charge in [-0.2, -0.15) is 0 Å². The van der Waals surface area contributed by atoms with E-state index >= 15 is 0 Å². The average Bonchev–Trinajstić information content (AvgIpc) is 3.25. The first kappa shape index (κ1) is 39.1. The molecule has 7 amide bonds. The van der Waals surface area contributed by atoms with Crippen LogP contribution in [-0.2, 0) is 40.1 Å². The summed E-state index contributed by atoms with van der Waals surface area (Å²) in [5, 5.41) is 10.7. The fourth-order valence-electron chi connectivity index (χ4n) is 4.74. The minimum atomic E-state index is -0.987. The first-order valence-corrected chi connectivity index (χ1v) is 16.7. The Hall–Kier alpha value is -4.06.